The highest BCUT2D eigenvalue weighted by molar-refractivity contribution is 5.94. The molecule has 150 valence electrons. The standard InChI is InChI=1S/C21H25FN2O4/c1-26-18-13-20(28-3)19(27-2)12-15(18)14-23-8-10-24(11-9-23)21(25)16-6-4-5-7-17(16)22/h4-7,12-13H,8-11,14H2,1-3H3. The maximum atomic E-state index is 13.9. The van der Waals surface area contributed by atoms with Crippen molar-refractivity contribution in [1.82, 2.24) is 9.80 Å². The van der Waals surface area contributed by atoms with Crippen molar-refractivity contribution in [3.63, 3.8) is 0 Å². The van der Waals surface area contributed by atoms with E-state index in [9.17, 15) is 9.18 Å². The molecule has 6 nitrogen and oxygen atoms in total. The van der Waals surface area contributed by atoms with Crippen LogP contribution in [0.25, 0.3) is 0 Å². The van der Waals surface area contributed by atoms with Crippen molar-refractivity contribution in [2.45, 2.75) is 6.54 Å². The average molecular weight is 388 g/mol. The predicted molar refractivity (Wildman–Crippen MR) is 104 cm³/mol. The van der Waals surface area contributed by atoms with Gasteiger partial charge >= 0.3 is 0 Å². The summed E-state index contributed by atoms with van der Waals surface area (Å²) in [7, 11) is 4.81. The van der Waals surface area contributed by atoms with Gasteiger partial charge in [-0.3, -0.25) is 9.69 Å². The SMILES string of the molecule is COc1cc(OC)c(OC)cc1CN1CCN(C(=O)c2ccccc2F)CC1. The van der Waals surface area contributed by atoms with E-state index in [1.807, 2.05) is 12.1 Å². The maximum absolute atomic E-state index is 13.9. The molecule has 2 aromatic carbocycles. The molecule has 28 heavy (non-hydrogen) atoms. The zero-order chi connectivity index (χ0) is 20.1. The third kappa shape index (κ3) is 4.20. The fraction of sp³-hybridized carbons (Fsp3) is 0.381. The van der Waals surface area contributed by atoms with Crippen LogP contribution >= 0.6 is 0 Å². The lowest BCUT2D eigenvalue weighted by molar-refractivity contribution is 0.0623. The molecule has 1 amide bonds. The molecule has 1 heterocycles. The predicted octanol–water partition coefficient (Wildman–Crippen LogP) is 2.81. The number of ether oxygens (including phenoxy) is 3. The summed E-state index contributed by atoms with van der Waals surface area (Å²) in [6.07, 6.45) is 0. The van der Waals surface area contributed by atoms with Gasteiger partial charge in [0.15, 0.2) is 11.5 Å². The molecule has 0 saturated carbocycles. The van der Waals surface area contributed by atoms with Crippen molar-refractivity contribution in [3.05, 3.63) is 53.3 Å². The molecular weight excluding hydrogens is 363 g/mol. The summed E-state index contributed by atoms with van der Waals surface area (Å²) in [5, 5.41) is 0. The Morgan fingerprint density at radius 2 is 1.54 bits per heavy atom. The third-order valence-electron chi connectivity index (χ3n) is 4.94. The van der Waals surface area contributed by atoms with Crippen LogP contribution in [0.1, 0.15) is 15.9 Å². The lowest BCUT2D eigenvalue weighted by Crippen LogP contribution is -2.48. The Labute approximate surface area is 164 Å². The Morgan fingerprint density at radius 1 is 0.929 bits per heavy atom. The van der Waals surface area contributed by atoms with E-state index in [-0.39, 0.29) is 11.5 Å². The van der Waals surface area contributed by atoms with E-state index < -0.39 is 5.82 Å². The Balaban J connectivity index is 1.66. The molecule has 0 N–H and O–H groups in total. The van der Waals surface area contributed by atoms with Gasteiger partial charge in [-0.1, -0.05) is 12.1 Å². The highest BCUT2D eigenvalue weighted by Crippen LogP contribution is 2.35. The van der Waals surface area contributed by atoms with Crippen LogP contribution in [0, 0.1) is 5.82 Å². The first-order chi connectivity index (χ1) is 13.6. The lowest BCUT2D eigenvalue weighted by Gasteiger charge is -2.35. The summed E-state index contributed by atoms with van der Waals surface area (Å²) in [6.45, 7) is 3.13. The molecule has 1 saturated heterocycles. The molecule has 1 aliphatic rings. The molecule has 0 atom stereocenters. The zero-order valence-corrected chi connectivity index (χ0v) is 16.4. The fourth-order valence-corrected chi connectivity index (χ4v) is 3.37. The monoisotopic (exact) mass is 388 g/mol. The number of methoxy groups -OCH3 is 3. The van der Waals surface area contributed by atoms with E-state index in [0.717, 1.165) is 11.3 Å². The maximum Gasteiger partial charge on any atom is 0.256 e. The summed E-state index contributed by atoms with van der Waals surface area (Å²) < 4.78 is 30.1. The van der Waals surface area contributed by atoms with Crippen LogP contribution in [0.3, 0.4) is 0 Å². The minimum atomic E-state index is -0.481. The second-order valence-electron chi connectivity index (χ2n) is 6.57. The van der Waals surface area contributed by atoms with Crippen LogP contribution in [0.15, 0.2) is 36.4 Å². The van der Waals surface area contributed by atoms with Crippen molar-refractivity contribution in [2.75, 3.05) is 47.5 Å². The molecule has 0 spiro atoms. The van der Waals surface area contributed by atoms with Gasteiger partial charge in [-0.2, -0.15) is 0 Å². The smallest absolute Gasteiger partial charge is 0.256 e. The number of benzene rings is 2. The molecule has 3 rings (SSSR count). The molecule has 0 aliphatic carbocycles. The van der Waals surface area contributed by atoms with Gasteiger partial charge < -0.3 is 19.1 Å². The van der Waals surface area contributed by atoms with Gasteiger partial charge in [0.2, 0.25) is 0 Å². The fourth-order valence-electron chi connectivity index (χ4n) is 3.37. The van der Waals surface area contributed by atoms with Crippen LogP contribution in [-0.2, 0) is 6.54 Å². The normalized spacial score (nSPS) is 14.6. The second kappa shape index (κ2) is 8.93. The van der Waals surface area contributed by atoms with Gasteiger partial charge in [0.1, 0.15) is 11.6 Å². The van der Waals surface area contributed by atoms with E-state index in [1.165, 1.54) is 12.1 Å². The molecule has 0 unspecified atom stereocenters. The van der Waals surface area contributed by atoms with Gasteiger partial charge in [-0.05, 0) is 18.2 Å². The minimum absolute atomic E-state index is 0.123. The number of nitrogens with zero attached hydrogens (tertiary/aromatic N) is 2. The van der Waals surface area contributed by atoms with E-state index >= 15 is 0 Å². The van der Waals surface area contributed by atoms with Crippen molar-refractivity contribution in [1.29, 1.82) is 0 Å². The first-order valence-corrected chi connectivity index (χ1v) is 9.12. The quantitative estimate of drug-likeness (QED) is 0.762. The number of halogens is 1. The van der Waals surface area contributed by atoms with Crippen LogP contribution in [0.2, 0.25) is 0 Å². The first-order valence-electron chi connectivity index (χ1n) is 9.12. The van der Waals surface area contributed by atoms with Gasteiger partial charge in [0.25, 0.3) is 5.91 Å². The lowest BCUT2D eigenvalue weighted by atomic mass is 10.1. The number of hydrogen-bond donors (Lipinski definition) is 0. The first kappa shape index (κ1) is 19.9. The summed E-state index contributed by atoms with van der Waals surface area (Å²) >= 11 is 0. The van der Waals surface area contributed by atoms with Gasteiger partial charge in [0, 0.05) is 44.4 Å². The highest BCUT2D eigenvalue weighted by atomic mass is 19.1. The summed E-state index contributed by atoms with van der Waals surface area (Å²) in [5.41, 5.74) is 1.10. The zero-order valence-electron chi connectivity index (χ0n) is 16.4. The number of rotatable bonds is 6. The van der Waals surface area contributed by atoms with Crippen molar-refractivity contribution >= 4 is 5.91 Å². The Morgan fingerprint density at radius 3 is 2.14 bits per heavy atom. The molecule has 0 aromatic heterocycles. The van der Waals surface area contributed by atoms with Crippen LogP contribution in [0.5, 0.6) is 17.2 Å². The van der Waals surface area contributed by atoms with Crippen molar-refractivity contribution in [2.24, 2.45) is 0 Å². The van der Waals surface area contributed by atoms with Gasteiger partial charge in [-0.15, -0.1) is 0 Å². The molecule has 2 aromatic rings. The molecule has 0 radical (unpaired) electrons. The summed E-state index contributed by atoms with van der Waals surface area (Å²) in [6, 6.07) is 9.82. The topological polar surface area (TPSA) is 51.2 Å². The van der Waals surface area contributed by atoms with Crippen LogP contribution in [0.4, 0.5) is 4.39 Å². The molecular formula is C21H25FN2O4. The van der Waals surface area contributed by atoms with E-state index in [4.69, 9.17) is 14.2 Å². The largest absolute Gasteiger partial charge is 0.496 e. The number of amides is 1. The Kier molecular flexibility index (Phi) is 6.36. The third-order valence-corrected chi connectivity index (χ3v) is 4.94. The van der Waals surface area contributed by atoms with Crippen molar-refractivity contribution < 1.29 is 23.4 Å². The molecule has 7 heteroatoms. The average Bonchev–Trinajstić information content (AvgIpc) is 2.73. The van der Waals surface area contributed by atoms with Crippen LogP contribution in [-0.4, -0.2) is 63.2 Å². The number of carbonyl (C=O) groups excluding carboxylic acids is 1. The van der Waals surface area contributed by atoms with E-state index in [1.54, 1.807) is 38.4 Å². The number of carbonyl (C=O) groups is 1. The summed E-state index contributed by atoms with van der Waals surface area (Å²) in [4.78, 5) is 16.5. The van der Waals surface area contributed by atoms with Gasteiger partial charge in [-0.25, -0.2) is 4.39 Å². The molecule has 0 bridgehead atoms. The van der Waals surface area contributed by atoms with E-state index in [2.05, 4.69) is 4.90 Å². The second-order valence-corrected chi connectivity index (χ2v) is 6.57. The van der Waals surface area contributed by atoms with Crippen molar-refractivity contribution in [3.8, 4) is 17.2 Å². The minimum Gasteiger partial charge on any atom is -0.496 e. The molecule has 1 fully saturated rings. The van der Waals surface area contributed by atoms with Gasteiger partial charge in [0.05, 0.1) is 26.9 Å². The molecule has 1 aliphatic heterocycles. The van der Waals surface area contributed by atoms with Crippen LogP contribution < -0.4 is 14.2 Å². The number of piperazine rings is 1. The Bertz CT molecular complexity index is 835. The van der Waals surface area contributed by atoms with E-state index in [0.29, 0.717) is 44.2 Å². The Hall–Kier alpha value is -2.80. The highest BCUT2D eigenvalue weighted by Gasteiger charge is 2.25. The number of hydrogen-bond acceptors (Lipinski definition) is 5. The summed E-state index contributed by atoms with van der Waals surface area (Å²) in [5.74, 6) is 1.24.